The van der Waals surface area contributed by atoms with Gasteiger partial charge in [-0.15, -0.1) is 11.3 Å². The van der Waals surface area contributed by atoms with E-state index in [0.717, 1.165) is 41.9 Å². The fraction of sp³-hybridized carbons (Fsp3) is 0.231. The number of fused-ring (bicyclic) bond motifs is 1. The molecule has 1 N–H and O–H groups in total. The van der Waals surface area contributed by atoms with Crippen molar-refractivity contribution in [3.63, 3.8) is 0 Å². The molecule has 0 aliphatic carbocycles. The molecule has 0 bridgehead atoms. The van der Waals surface area contributed by atoms with E-state index >= 15 is 0 Å². The molecular weight excluding hydrogens is 448 g/mol. The van der Waals surface area contributed by atoms with Gasteiger partial charge in [-0.1, -0.05) is 42.5 Å². The standard InChI is InChI=1S/C26H24N4O3S/c31-23(27-15-18-8-10-20(11-9-18)25(32)29-12-4-5-13-29)16-30-17-28-21-14-22(34-24(21)26(30)33)19-6-2-1-3-7-19/h1-3,6-11,14,17H,4-5,12-13,15-16H2,(H,27,31). The Bertz CT molecular complexity index is 1390. The second-order valence-corrected chi connectivity index (χ2v) is 9.39. The molecule has 0 spiro atoms. The number of carbonyl (C=O) groups excluding carboxylic acids is 2. The zero-order valence-corrected chi connectivity index (χ0v) is 19.4. The monoisotopic (exact) mass is 472 g/mol. The van der Waals surface area contributed by atoms with Crippen molar-refractivity contribution in [3.8, 4) is 10.4 Å². The summed E-state index contributed by atoms with van der Waals surface area (Å²) in [6.45, 7) is 1.84. The van der Waals surface area contributed by atoms with Crippen molar-refractivity contribution >= 4 is 33.4 Å². The van der Waals surface area contributed by atoms with Crippen LogP contribution < -0.4 is 10.9 Å². The van der Waals surface area contributed by atoms with Crippen molar-refractivity contribution < 1.29 is 9.59 Å². The first kappa shape index (κ1) is 22.0. The Kier molecular flexibility index (Phi) is 6.22. The van der Waals surface area contributed by atoms with Crippen molar-refractivity contribution in [2.24, 2.45) is 0 Å². The van der Waals surface area contributed by atoms with Crippen LogP contribution in [0.25, 0.3) is 20.7 Å². The van der Waals surface area contributed by atoms with Crippen molar-refractivity contribution in [1.29, 1.82) is 0 Å². The van der Waals surface area contributed by atoms with E-state index < -0.39 is 0 Å². The quantitative estimate of drug-likeness (QED) is 0.464. The number of hydrogen-bond donors (Lipinski definition) is 1. The average molecular weight is 473 g/mol. The molecule has 5 rings (SSSR count). The smallest absolute Gasteiger partial charge is 0.271 e. The van der Waals surface area contributed by atoms with Crippen LogP contribution in [0.4, 0.5) is 0 Å². The van der Waals surface area contributed by atoms with Gasteiger partial charge in [0.2, 0.25) is 5.91 Å². The zero-order chi connectivity index (χ0) is 23.5. The highest BCUT2D eigenvalue weighted by Crippen LogP contribution is 2.30. The topological polar surface area (TPSA) is 84.3 Å². The van der Waals surface area contributed by atoms with Crippen molar-refractivity contribution in [3.05, 3.63) is 88.5 Å². The largest absolute Gasteiger partial charge is 0.350 e. The number of benzene rings is 2. The van der Waals surface area contributed by atoms with Crippen LogP contribution in [0.5, 0.6) is 0 Å². The molecule has 1 aliphatic rings. The van der Waals surface area contributed by atoms with Gasteiger partial charge >= 0.3 is 0 Å². The minimum absolute atomic E-state index is 0.0550. The van der Waals surface area contributed by atoms with Gasteiger partial charge < -0.3 is 10.2 Å². The van der Waals surface area contributed by atoms with E-state index in [0.29, 0.717) is 22.3 Å². The van der Waals surface area contributed by atoms with Gasteiger partial charge in [0, 0.05) is 30.1 Å². The third-order valence-electron chi connectivity index (χ3n) is 5.96. The van der Waals surface area contributed by atoms with Gasteiger partial charge in [-0.25, -0.2) is 4.98 Å². The molecule has 0 atom stereocenters. The van der Waals surface area contributed by atoms with Gasteiger partial charge in [-0.05, 0) is 42.2 Å². The lowest BCUT2D eigenvalue weighted by Gasteiger charge is -2.15. The first-order valence-corrected chi connectivity index (χ1v) is 12.1. The second-order valence-electron chi connectivity index (χ2n) is 8.34. The minimum Gasteiger partial charge on any atom is -0.350 e. The van der Waals surface area contributed by atoms with Crippen molar-refractivity contribution in [1.82, 2.24) is 19.8 Å². The summed E-state index contributed by atoms with van der Waals surface area (Å²) in [4.78, 5) is 45.1. The maximum Gasteiger partial charge on any atom is 0.271 e. The van der Waals surface area contributed by atoms with Crippen LogP contribution >= 0.6 is 11.3 Å². The molecule has 1 saturated heterocycles. The molecule has 1 fully saturated rings. The molecule has 34 heavy (non-hydrogen) atoms. The van der Waals surface area contributed by atoms with Crippen LogP contribution in [0, 0.1) is 0 Å². The van der Waals surface area contributed by atoms with E-state index in [1.54, 1.807) is 12.1 Å². The normalized spacial score (nSPS) is 13.4. The average Bonchev–Trinajstić information content (AvgIpc) is 3.56. The summed E-state index contributed by atoms with van der Waals surface area (Å²) in [5, 5.41) is 2.84. The summed E-state index contributed by atoms with van der Waals surface area (Å²) in [6.07, 6.45) is 3.54. The molecule has 2 aromatic carbocycles. The Balaban J connectivity index is 1.22. The maximum absolute atomic E-state index is 12.9. The van der Waals surface area contributed by atoms with Gasteiger partial charge in [0.15, 0.2) is 0 Å². The summed E-state index contributed by atoms with van der Waals surface area (Å²) in [5.74, 6) is -0.223. The highest BCUT2D eigenvalue weighted by atomic mass is 32.1. The predicted octanol–water partition coefficient (Wildman–Crippen LogP) is 3.68. The van der Waals surface area contributed by atoms with E-state index in [2.05, 4.69) is 10.3 Å². The second kappa shape index (κ2) is 9.61. The molecule has 3 heterocycles. The first-order chi connectivity index (χ1) is 16.6. The number of likely N-dealkylation sites (tertiary alicyclic amines) is 1. The molecule has 2 aromatic heterocycles. The molecule has 4 aromatic rings. The maximum atomic E-state index is 12.9. The number of hydrogen-bond acceptors (Lipinski definition) is 5. The van der Waals surface area contributed by atoms with Crippen LogP contribution in [0.3, 0.4) is 0 Å². The van der Waals surface area contributed by atoms with E-state index in [1.165, 1.54) is 22.2 Å². The van der Waals surface area contributed by atoms with E-state index in [1.807, 2.05) is 53.4 Å². The van der Waals surface area contributed by atoms with Gasteiger partial charge in [-0.3, -0.25) is 19.0 Å². The zero-order valence-electron chi connectivity index (χ0n) is 18.6. The number of nitrogens with zero attached hydrogens (tertiary/aromatic N) is 3. The molecule has 8 heteroatoms. The number of thiophene rings is 1. The van der Waals surface area contributed by atoms with E-state index in [4.69, 9.17) is 0 Å². The molecule has 0 saturated carbocycles. The van der Waals surface area contributed by atoms with E-state index in [-0.39, 0.29) is 23.9 Å². The Labute approximate surface area is 200 Å². The van der Waals surface area contributed by atoms with Gasteiger partial charge in [-0.2, -0.15) is 0 Å². The number of carbonyl (C=O) groups is 2. The Hall–Kier alpha value is -3.78. The molecule has 172 valence electrons. The summed E-state index contributed by atoms with van der Waals surface area (Å²) in [7, 11) is 0. The lowest BCUT2D eigenvalue weighted by atomic mass is 10.1. The van der Waals surface area contributed by atoms with Crippen LogP contribution in [-0.4, -0.2) is 39.4 Å². The molecule has 7 nitrogen and oxygen atoms in total. The lowest BCUT2D eigenvalue weighted by Crippen LogP contribution is -2.32. The molecule has 2 amide bonds. The predicted molar refractivity (Wildman–Crippen MR) is 133 cm³/mol. The summed E-state index contributed by atoms with van der Waals surface area (Å²) in [5.41, 5.74) is 2.99. The molecule has 0 unspecified atom stereocenters. The van der Waals surface area contributed by atoms with E-state index in [9.17, 15) is 14.4 Å². The SMILES string of the molecule is O=C(Cn1cnc2cc(-c3ccccc3)sc2c1=O)NCc1ccc(C(=O)N2CCCC2)cc1. The summed E-state index contributed by atoms with van der Waals surface area (Å²) >= 11 is 1.38. The van der Waals surface area contributed by atoms with Crippen molar-refractivity contribution in [2.75, 3.05) is 13.1 Å². The van der Waals surface area contributed by atoms with Crippen molar-refractivity contribution in [2.45, 2.75) is 25.9 Å². The Morgan fingerprint density at radius 1 is 1.00 bits per heavy atom. The number of nitrogens with one attached hydrogen (secondary N) is 1. The third kappa shape index (κ3) is 4.63. The van der Waals surface area contributed by atoms with Crippen LogP contribution in [0.2, 0.25) is 0 Å². The summed E-state index contributed by atoms with van der Waals surface area (Å²) < 4.78 is 1.87. The lowest BCUT2D eigenvalue weighted by molar-refractivity contribution is -0.121. The molecule has 0 radical (unpaired) electrons. The summed E-state index contributed by atoms with van der Waals surface area (Å²) in [6, 6.07) is 19.0. The number of amides is 2. The fourth-order valence-corrected chi connectivity index (χ4v) is 5.15. The minimum atomic E-state index is -0.277. The molecular formula is C26H24N4O3S. The highest BCUT2D eigenvalue weighted by Gasteiger charge is 2.19. The van der Waals surface area contributed by atoms with Crippen LogP contribution in [-0.2, 0) is 17.9 Å². The third-order valence-corrected chi connectivity index (χ3v) is 7.12. The first-order valence-electron chi connectivity index (χ1n) is 11.3. The number of aromatic nitrogens is 2. The molecule has 1 aliphatic heterocycles. The van der Waals surface area contributed by atoms with Gasteiger partial charge in [0.1, 0.15) is 11.2 Å². The Morgan fingerprint density at radius 3 is 2.47 bits per heavy atom. The fourth-order valence-electron chi connectivity index (χ4n) is 4.08. The highest BCUT2D eigenvalue weighted by molar-refractivity contribution is 7.22. The Morgan fingerprint density at radius 2 is 1.74 bits per heavy atom. The van der Waals surface area contributed by atoms with Gasteiger partial charge in [0.25, 0.3) is 11.5 Å². The van der Waals surface area contributed by atoms with Crippen LogP contribution in [0.1, 0.15) is 28.8 Å². The van der Waals surface area contributed by atoms with Gasteiger partial charge in [0.05, 0.1) is 11.8 Å². The van der Waals surface area contributed by atoms with Crippen LogP contribution in [0.15, 0.2) is 71.8 Å². The number of rotatable bonds is 6.